The number of guanidine groups is 1. The molecule has 0 aliphatic rings. The van der Waals surface area contributed by atoms with Crippen LogP contribution in [-0.2, 0) is 26.0 Å². The van der Waals surface area contributed by atoms with Crippen molar-refractivity contribution in [3.8, 4) is 0 Å². The Labute approximate surface area is 192 Å². The maximum atomic E-state index is 12.9. The van der Waals surface area contributed by atoms with Gasteiger partial charge in [0.1, 0.15) is 12.1 Å². The largest absolute Gasteiger partial charge is 0.370 e. The molecule has 11 nitrogen and oxygen atoms in total. The molecule has 2 amide bonds. The molecule has 0 unspecified atom stereocenters. The summed E-state index contributed by atoms with van der Waals surface area (Å²) in [5.74, 6) is -1.53. The predicted octanol–water partition coefficient (Wildman–Crippen LogP) is -0.686. The number of hydrazine groups is 1. The quantitative estimate of drug-likeness (QED) is 0.0862. The van der Waals surface area contributed by atoms with Crippen molar-refractivity contribution in [2.24, 2.45) is 11.5 Å². The van der Waals surface area contributed by atoms with Crippen LogP contribution in [0.5, 0.6) is 0 Å². The van der Waals surface area contributed by atoms with Crippen LogP contribution >= 0.6 is 0 Å². The van der Waals surface area contributed by atoms with E-state index < -0.39 is 33.9 Å². The molecule has 2 atom stereocenters. The lowest BCUT2D eigenvalue weighted by Crippen LogP contribution is -2.56. The van der Waals surface area contributed by atoms with Crippen molar-refractivity contribution in [1.82, 2.24) is 20.9 Å². The monoisotopic (exact) mass is 475 g/mol. The van der Waals surface area contributed by atoms with Gasteiger partial charge in [-0.1, -0.05) is 48.5 Å². The van der Waals surface area contributed by atoms with Crippen molar-refractivity contribution in [1.29, 1.82) is 5.41 Å². The smallest absolute Gasteiger partial charge is 0.253 e. The Bertz CT molecular complexity index is 1030. The van der Waals surface area contributed by atoms with Crippen molar-refractivity contribution in [2.75, 3.05) is 6.54 Å². The Morgan fingerprint density at radius 3 is 2.12 bits per heavy atom. The first-order chi connectivity index (χ1) is 15.7. The zero-order valence-corrected chi connectivity index (χ0v) is 18.8. The highest BCUT2D eigenvalue weighted by atomic mass is 32.2. The van der Waals surface area contributed by atoms with Gasteiger partial charge in [-0.25, -0.2) is 13.8 Å². The molecule has 33 heavy (non-hydrogen) atoms. The van der Waals surface area contributed by atoms with Gasteiger partial charge in [0.2, 0.25) is 11.8 Å². The SMILES string of the molecule is N=C(N)NCCC[C@H](NNS(=O)(=O)c1ccccc1)C(=O)N[C@@H](Cc1ccccc1)C(N)=O. The highest BCUT2D eigenvalue weighted by Crippen LogP contribution is 2.08. The molecule has 0 spiro atoms. The first-order valence-corrected chi connectivity index (χ1v) is 11.7. The van der Waals surface area contributed by atoms with Gasteiger partial charge >= 0.3 is 0 Å². The van der Waals surface area contributed by atoms with E-state index in [1.807, 2.05) is 6.07 Å². The van der Waals surface area contributed by atoms with E-state index in [4.69, 9.17) is 16.9 Å². The number of sulfonamides is 1. The molecule has 0 saturated heterocycles. The molecular weight excluding hydrogens is 446 g/mol. The molecule has 2 rings (SSSR count). The van der Waals surface area contributed by atoms with Crippen molar-refractivity contribution < 1.29 is 18.0 Å². The Morgan fingerprint density at radius 2 is 1.55 bits per heavy atom. The molecular formula is C21H29N7O4S. The fourth-order valence-electron chi connectivity index (χ4n) is 2.95. The molecule has 0 saturated carbocycles. The zero-order valence-electron chi connectivity index (χ0n) is 18.0. The topological polar surface area (TPSA) is 192 Å². The van der Waals surface area contributed by atoms with Crippen LogP contribution in [0.25, 0.3) is 0 Å². The van der Waals surface area contributed by atoms with E-state index in [-0.39, 0.29) is 23.7 Å². The highest BCUT2D eigenvalue weighted by molar-refractivity contribution is 7.89. The van der Waals surface area contributed by atoms with E-state index in [0.717, 1.165) is 5.56 Å². The van der Waals surface area contributed by atoms with Crippen LogP contribution < -0.4 is 32.4 Å². The van der Waals surface area contributed by atoms with Gasteiger partial charge in [-0.05, 0) is 30.5 Å². The second-order valence-corrected chi connectivity index (χ2v) is 8.93. The Morgan fingerprint density at radius 1 is 0.939 bits per heavy atom. The molecule has 0 radical (unpaired) electrons. The minimum atomic E-state index is -3.93. The number of hydrogen-bond acceptors (Lipinski definition) is 6. The second kappa shape index (κ2) is 12.5. The molecule has 12 heteroatoms. The average Bonchev–Trinajstić information content (AvgIpc) is 2.79. The number of nitrogens with one attached hydrogen (secondary N) is 5. The van der Waals surface area contributed by atoms with Gasteiger partial charge in [0, 0.05) is 13.0 Å². The number of primary amides is 1. The van der Waals surface area contributed by atoms with Crippen molar-refractivity contribution in [2.45, 2.75) is 36.2 Å². The fraction of sp³-hybridized carbons (Fsp3) is 0.286. The summed E-state index contributed by atoms with van der Waals surface area (Å²) in [5, 5.41) is 12.4. The lowest BCUT2D eigenvalue weighted by atomic mass is 10.0. The summed E-state index contributed by atoms with van der Waals surface area (Å²) in [6, 6.07) is 14.7. The summed E-state index contributed by atoms with van der Waals surface area (Å²) < 4.78 is 25.0. The normalized spacial score (nSPS) is 13.0. The van der Waals surface area contributed by atoms with Crippen LogP contribution in [0, 0.1) is 5.41 Å². The Kier molecular flexibility index (Phi) is 9.79. The van der Waals surface area contributed by atoms with E-state index in [2.05, 4.69) is 20.9 Å². The lowest BCUT2D eigenvalue weighted by molar-refractivity contribution is -0.128. The van der Waals surface area contributed by atoms with E-state index in [9.17, 15) is 18.0 Å². The number of nitrogens with two attached hydrogens (primary N) is 2. The third-order valence-electron chi connectivity index (χ3n) is 4.67. The van der Waals surface area contributed by atoms with Crippen molar-refractivity contribution >= 4 is 27.8 Å². The molecule has 0 fully saturated rings. The highest BCUT2D eigenvalue weighted by Gasteiger charge is 2.26. The van der Waals surface area contributed by atoms with E-state index in [1.54, 1.807) is 42.5 Å². The standard InChI is InChI=1S/C21H29N7O4S/c22-19(29)18(14-15-8-3-1-4-9-15)26-20(30)17(12-7-13-25-21(23)24)27-28-33(31,32)16-10-5-2-6-11-16/h1-6,8-11,17-18,27-28H,7,12-14H2,(H2,22,29)(H,26,30)(H4,23,24,25)/t17-,18-/m0/s1. The fourth-order valence-corrected chi connectivity index (χ4v) is 3.88. The molecule has 9 N–H and O–H groups in total. The Hall–Kier alpha value is -3.48. The predicted molar refractivity (Wildman–Crippen MR) is 124 cm³/mol. The minimum absolute atomic E-state index is 0.0222. The second-order valence-electron chi connectivity index (χ2n) is 7.25. The first-order valence-electron chi connectivity index (χ1n) is 10.2. The van der Waals surface area contributed by atoms with Gasteiger partial charge in [-0.2, -0.15) is 0 Å². The van der Waals surface area contributed by atoms with Crippen LogP contribution in [0.2, 0.25) is 0 Å². The summed E-state index contributed by atoms with van der Waals surface area (Å²) in [6.07, 6.45) is 0.758. The van der Waals surface area contributed by atoms with Crippen LogP contribution in [0.3, 0.4) is 0 Å². The van der Waals surface area contributed by atoms with E-state index in [1.165, 1.54) is 12.1 Å². The maximum absolute atomic E-state index is 12.9. The van der Waals surface area contributed by atoms with Gasteiger partial charge in [0.05, 0.1) is 4.90 Å². The maximum Gasteiger partial charge on any atom is 0.253 e. The summed E-state index contributed by atoms with van der Waals surface area (Å²) >= 11 is 0. The Balaban J connectivity index is 2.09. The van der Waals surface area contributed by atoms with Gasteiger partial charge in [0.25, 0.3) is 10.0 Å². The van der Waals surface area contributed by atoms with Crippen LogP contribution in [0.15, 0.2) is 65.6 Å². The summed E-state index contributed by atoms with van der Waals surface area (Å²) in [6.45, 7) is 0.301. The summed E-state index contributed by atoms with van der Waals surface area (Å²) in [7, 11) is -3.93. The molecule has 2 aromatic carbocycles. The minimum Gasteiger partial charge on any atom is -0.370 e. The molecule has 0 aromatic heterocycles. The third kappa shape index (κ3) is 8.88. The van der Waals surface area contributed by atoms with Crippen LogP contribution in [-0.4, -0.2) is 44.8 Å². The average molecular weight is 476 g/mol. The number of rotatable bonds is 13. The molecule has 0 aliphatic heterocycles. The third-order valence-corrected chi connectivity index (χ3v) is 5.94. The van der Waals surface area contributed by atoms with E-state index >= 15 is 0 Å². The number of hydrogen-bond donors (Lipinski definition) is 7. The van der Waals surface area contributed by atoms with Crippen LogP contribution in [0.4, 0.5) is 0 Å². The van der Waals surface area contributed by atoms with Crippen LogP contribution in [0.1, 0.15) is 18.4 Å². The number of carbonyl (C=O) groups is 2. The van der Waals surface area contributed by atoms with Gasteiger partial charge in [0.15, 0.2) is 5.96 Å². The van der Waals surface area contributed by atoms with Crippen molar-refractivity contribution in [3.05, 3.63) is 66.2 Å². The van der Waals surface area contributed by atoms with Crippen molar-refractivity contribution in [3.63, 3.8) is 0 Å². The van der Waals surface area contributed by atoms with Gasteiger partial charge < -0.3 is 22.1 Å². The summed E-state index contributed by atoms with van der Waals surface area (Å²) in [4.78, 5) is 27.1. The molecule has 0 bridgehead atoms. The number of amides is 2. The summed E-state index contributed by atoms with van der Waals surface area (Å²) in [5.41, 5.74) is 14.1. The lowest BCUT2D eigenvalue weighted by Gasteiger charge is -2.22. The molecule has 0 aliphatic carbocycles. The molecule has 2 aromatic rings. The van der Waals surface area contributed by atoms with Gasteiger partial charge in [-0.15, -0.1) is 4.83 Å². The molecule has 178 valence electrons. The van der Waals surface area contributed by atoms with E-state index in [0.29, 0.717) is 13.0 Å². The zero-order chi connectivity index (χ0) is 24.3. The molecule has 0 heterocycles. The number of benzene rings is 2. The first kappa shape index (κ1) is 25.8. The van der Waals surface area contributed by atoms with Gasteiger partial charge in [-0.3, -0.25) is 15.0 Å². The number of carbonyl (C=O) groups excluding carboxylic acids is 2.